The van der Waals surface area contributed by atoms with E-state index in [2.05, 4.69) is 5.32 Å². The average molecular weight is 158 g/mol. The van der Waals surface area contributed by atoms with Crippen LogP contribution in [0.1, 0.15) is 13.3 Å². The molecule has 1 aliphatic rings. The molecule has 1 fully saturated rings. The molecule has 0 aromatic carbocycles. The lowest BCUT2D eigenvalue weighted by Crippen LogP contribution is -2.39. The first-order chi connectivity index (χ1) is 5.33. The number of hydrogen-bond acceptors (Lipinski definition) is 2. The summed E-state index contributed by atoms with van der Waals surface area (Å²) < 4.78 is 5.45. The predicted molar refractivity (Wildman–Crippen MR) is 41.9 cm³/mol. The first-order valence-corrected chi connectivity index (χ1v) is 4.23. The molecule has 2 atom stereocenters. The van der Waals surface area contributed by atoms with E-state index < -0.39 is 0 Å². The van der Waals surface area contributed by atoms with E-state index in [9.17, 15) is 5.11 Å². The molecule has 0 aromatic heterocycles. The van der Waals surface area contributed by atoms with Gasteiger partial charge in [-0.15, -0.1) is 0 Å². The molecule has 11 heavy (non-hydrogen) atoms. The molecule has 0 aromatic rings. The average Bonchev–Trinajstić information content (AvgIpc) is 2.06. The van der Waals surface area contributed by atoms with Crippen LogP contribution >= 0.6 is 0 Å². The van der Waals surface area contributed by atoms with Gasteiger partial charge in [0.05, 0.1) is 19.3 Å². The van der Waals surface area contributed by atoms with Crippen molar-refractivity contribution in [3.8, 4) is 0 Å². The van der Waals surface area contributed by atoms with Crippen LogP contribution in [0.4, 0.5) is 0 Å². The normalized spacial score (nSPS) is 28.4. The van der Waals surface area contributed by atoms with Crippen LogP contribution in [0.5, 0.6) is 0 Å². The molecule has 3 nitrogen and oxygen atoms in total. The Balaban J connectivity index is 2.13. The zero-order chi connectivity index (χ0) is 8.10. The van der Waals surface area contributed by atoms with Crippen LogP contribution in [-0.2, 0) is 9.84 Å². The Morgan fingerprint density at radius 2 is 2.55 bits per heavy atom. The molecule has 1 saturated heterocycles. The third-order valence-corrected chi connectivity index (χ3v) is 1.95. The van der Waals surface area contributed by atoms with Crippen molar-refractivity contribution in [2.24, 2.45) is 5.92 Å². The van der Waals surface area contributed by atoms with Crippen molar-refractivity contribution >= 4 is 0 Å². The standard InChI is InChI=1S/C8H16NO2/c1-7(6-10)4-8-5-9-2-3-11-8/h7-9H,2-6H2,1H3. The zero-order valence-electron chi connectivity index (χ0n) is 7.01. The highest BCUT2D eigenvalue weighted by molar-refractivity contribution is 4.69. The second-order valence-electron chi connectivity index (χ2n) is 3.20. The van der Waals surface area contributed by atoms with Gasteiger partial charge < -0.3 is 10.1 Å². The highest BCUT2D eigenvalue weighted by Crippen LogP contribution is 2.09. The topological polar surface area (TPSA) is 41.2 Å². The Bertz CT molecular complexity index is 102. The minimum absolute atomic E-state index is 0.0138. The van der Waals surface area contributed by atoms with Gasteiger partial charge in [0.25, 0.3) is 0 Å². The molecule has 0 aliphatic carbocycles. The van der Waals surface area contributed by atoms with Crippen molar-refractivity contribution in [2.75, 3.05) is 26.3 Å². The molecule has 1 heterocycles. The third kappa shape index (κ3) is 3.18. The monoisotopic (exact) mass is 158 g/mol. The lowest BCUT2D eigenvalue weighted by atomic mass is 10.0. The molecular formula is C8H16NO2. The highest BCUT2D eigenvalue weighted by Gasteiger charge is 2.15. The van der Waals surface area contributed by atoms with Gasteiger partial charge in [0.15, 0.2) is 0 Å². The van der Waals surface area contributed by atoms with E-state index in [1.54, 1.807) is 0 Å². The number of ether oxygens (including phenoxy) is 1. The minimum Gasteiger partial charge on any atom is -0.376 e. The molecule has 65 valence electrons. The highest BCUT2D eigenvalue weighted by atomic mass is 16.5. The van der Waals surface area contributed by atoms with E-state index in [4.69, 9.17) is 4.74 Å². The van der Waals surface area contributed by atoms with Crippen molar-refractivity contribution in [3.05, 3.63) is 0 Å². The van der Waals surface area contributed by atoms with Crippen LogP contribution in [0.3, 0.4) is 0 Å². The van der Waals surface area contributed by atoms with E-state index in [-0.39, 0.29) is 18.6 Å². The first kappa shape index (κ1) is 8.97. The molecule has 0 saturated carbocycles. The molecule has 0 amide bonds. The van der Waals surface area contributed by atoms with Gasteiger partial charge in [-0.3, -0.25) is 0 Å². The molecule has 3 heteroatoms. The zero-order valence-corrected chi connectivity index (χ0v) is 7.01. The van der Waals surface area contributed by atoms with Crippen molar-refractivity contribution in [3.63, 3.8) is 0 Å². The quantitative estimate of drug-likeness (QED) is 0.647. The molecule has 0 bridgehead atoms. The smallest absolute Gasteiger partial charge is 0.0848 e. The largest absolute Gasteiger partial charge is 0.376 e. The van der Waals surface area contributed by atoms with Gasteiger partial charge in [-0.25, -0.2) is 5.11 Å². The molecule has 1 N–H and O–H groups in total. The first-order valence-electron chi connectivity index (χ1n) is 4.23. The summed E-state index contributed by atoms with van der Waals surface area (Å²) in [5.74, 6) is 0.250. The van der Waals surface area contributed by atoms with Crippen molar-refractivity contribution < 1.29 is 9.84 Å². The Morgan fingerprint density at radius 3 is 3.09 bits per heavy atom. The molecule has 1 aliphatic heterocycles. The fraction of sp³-hybridized carbons (Fsp3) is 1.00. The summed E-state index contributed by atoms with van der Waals surface area (Å²) in [5, 5.41) is 13.7. The number of morpholine rings is 1. The number of hydrogen-bond donors (Lipinski definition) is 1. The van der Waals surface area contributed by atoms with E-state index in [0.717, 1.165) is 26.1 Å². The van der Waals surface area contributed by atoms with Gasteiger partial charge in [-0.1, -0.05) is 6.92 Å². The van der Waals surface area contributed by atoms with E-state index in [1.165, 1.54) is 0 Å². The summed E-state index contributed by atoms with van der Waals surface area (Å²) in [7, 11) is 0. The lowest BCUT2D eigenvalue weighted by molar-refractivity contribution is 0.00525. The summed E-state index contributed by atoms with van der Waals surface area (Å²) in [6.45, 7) is 4.63. The summed E-state index contributed by atoms with van der Waals surface area (Å²) in [6, 6.07) is 0. The van der Waals surface area contributed by atoms with Gasteiger partial charge in [0, 0.05) is 13.1 Å². The summed E-state index contributed by atoms with van der Waals surface area (Å²) >= 11 is 0. The second kappa shape index (κ2) is 4.70. The molecule has 2 unspecified atom stereocenters. The molecule has 0 spiro atoms. The second-order valence-corrected chi connectivity index (χ2v) is 3.20. The van der Waals surface area contributed by atoms with E-state index in [1.807, 2.05) is 6.92 Å². The minimum atomic E-state index is 0.0138. The van der Waals surface area contributed by atoms with Gasteiger partial charge in [0.1, 0.15) is 0 Å². The van der Waals surface area contributed by atoms with Crippen LogP contribution in [0.25, 0.3) is 0 Å². The Kier molecular flexibility index (Phi) is 3.83. The predicted octanol–water partition coefficient (Wildman–Crippen LogP) is 0.432. The van der Waals surface area contributed by atoms with Crippen LogP contribution in [0, 0.1) is 5.92 Å². The molecule has 1 radical (unpaired) electrons. The lowest BCUT2D eigenvalue weighted by Gasteiger charge is -2.25. The van der Waals surface area contributed by atoms with Crippen LogP contribution in [-0.4, -0.2) is 32.4 Å². The van der Waals surface area contributed by atoms with Crippen LogP contribution < -0.4 is 5.32 Å². The van der Waals surface area contributed by atoms with E-state index in [0.29, 0.717) is 0 Å². The Morgan fingerprint density at radius 1 is 1.73 bits per heavy atom. The van der Waals surface area contributed by atoms with Gasteiger partial charge >= 0.3 is 0 Å². The molecular weight excluding hydrogens is 142 g/mol. The van der Waals surface area contributed by atoms with Crippen LogP contribution in [0.15, 0.2) is 0 Å². The number of rotatable bonds is 3. The SMILES string of the molecule is CC(C[O])CC1CNCCO1. The fourth-order valence-corrected chi connectivity index (χ4v) is 1.29. The summed E-state index contributed by atoms with van der Waals surface area (Å²) in [4.78, 5) is 0. The third-order valence-electron chi connectivity index (χ3n) is 1.95. The Hall–Kier alpha value is -0.120. The maximum atomic E-state index is 10.4. The van der Waals surface area contributed by atoms with Gasteiger partial charge in [0.2, 0.25) is 0 Å². The van der Waals surface area contributed by atoms with Crippen molar-refractivity contribution in [2.45, 2.75) is 19.4 Å². The number of nitrogens with one attached hydrogen (secondary N) is 1. The maximum absolute atomic E-state index is 10.4. The summed E-state index contributed by atoms with van der Waals surface area (Å²) in [6.07, 6.45) is 1.17. The van der Waals surface area contributed by atoms with Gasteiger partial charge in [-0.05, 0) is 12.3 Å². The maximum Gasteiger partial charge on any atom is 0.0848 e. The van der Waals surface area contributed by atoms with Gasteiger partial charge in [-0.2, -0.15) is 0 Å². The molecule has 1 rings (SSSR count). The van der Waals surface area contributed by atoms with Crippen LogP contribution in [0.2, 0.25) is 0 Å². The van der Waals surface area contributed by atoms with E-state index >= 15 is 0 Å². The van der Waals surface area contributed by atoms with Crippen molar-refractivity contribution in [1.29, 1.82) is 0 Å². The summed E-state index contributed by atoms with van der Waals surface area (Å²) in [5.41, 5.74) is 0. The fourth-order valence-electron chi connectivity index (χ4n) is 1.29. The van der Waals surface area contributed by atoms with Crippen molar-refractivity contribution in [1.82, 2.24) is 5.32 Å². The Labute approximate surface area is 67.7 Å².